The highest BCUT2D eigenvalue weighted by molar-refractivity contribution is 7.99. The first-order chi connectivity index (χ1) is 13.7. The third-order valence-corrected chi connectivity index (χ3v) is 5.91. The van der Waals surface area contributed by atoms with Crippen molar-refractivity contribution in [3.8, 4) is 5.69 Å². The number of aryl methyl sites for hydroxylation is 1. The summed E-state index contributed by atoms with van der Waals surface area (Å²) < 4.78 is 1.65. The molecule has 1 fully saturated rings. The van der Waals surface area contributed by atoms with Gasteiger partial charge in [-0.05, 0) is 48.9 Å². The number of carbonyl (C=O) groups is 1. The van der Waals surface area contributed by atoms with Gasteiger partial charge in [0.1, 0.15) is 0 Å². The molecule has 0 spiro atoms. The summed E-state index contributed by atoms with van der Waals surface area (Å²) in [6.45, 7) is 2.81. The van der Waals surface area contributed by atoms with E-state index in [1.807, 2.05) is 42.5 Å². The SMILES string of the molecule is CCc1ccccc1-n1c(SCC(=O)NCC2CC2)nc2ccccc2c1=O. The number of nitrogens with one attached hydrogen (secondary N) is 1. The van der Waals surface area contributed by atoms with Crippen molar-refractivity contribution in [2.24, 2.45) is 5.92 Å². The summed E-state index contributed by atoms with van der Waals surface area (Å²) in [6, 6.07) is 15.2. The fraction of sp³-hybridized carbons (Fsp3) is 0.318. The van der Waals surface area contributed by atoms with Gasteiger partial charge in [-0.1, -0.05) is 49.0 Å². The standard InChI is InChI=1S/C22H23N3O2S/c1-2-16-7-3-6-10-19(16)25-21(27)17-8-4-5-9-18(17)24-22(25)28-14-20(26)23-13-15-11-12-15/h3-10,15H,2,11-14H2,1H3,(H,23,26). The van der Waals surface area contributed by atoms with Crippen LogP contribution >= 0.6 is 11.8 Å². The number of fused-ring (bicyclic) bond motifs is 1. The molecule has 1 aromatic heterocycles. The maximum Gasteiger partial charge on any atom is 0.266 e. The molecule has 1 amide bonds. The molecule has 1 N–H and O–H groups in total. The topological polar surface area (TPSA) is 64.0 Å². The minimum absolute atomic E-state index is 0.0189. The van der Waals surface area contributed by atoms with Crippen LogP contribution in [-0.2, 0) is 11.2 Å². The Kier molecular flexibility index (Phi) is 5.48. The summed E-state index contributed by atoms with van der Waals surface area (Å²) in [5.41, 5.74) is 2.45. The highest BCUT2D eigenvalue weighted by Gasteiger charge is 2.22. The van der Waals surface area contributed by atoms with Crippen LogP contribution in [0.2, 0.25) is 0 Å². The number of hydrogen-bond donors (Lipinski definition) is 1. The molecule has 2 aromatic carbocycles. The van der Waals surface area contributed by atoms with E-state index in [1.54, 1.807) is 10.6 Å². The van der Waals surface area contributed by atoms with Gasteiger partial charge in [-0.3, -0.25) is 14.2 Å². The normalized spacial score (nSPS) is 13.6. The number of hydrogen-bond acceptors (Lipinski definition) is 4. The van der Waals surface area contributed by atoms with Gasteiger partial charge >= 0.3 is 0 Å². The van der Waals surface area contributed by atoms with Crippen LogP contribution < -0.4 is 10.9 Å². The molecule has 0 saturated heterocycles. The molecular weight excluding hydrogens is 370 g/mol. The Morgan fingerprint density at radius 3 is 2.71 bits per heavy atom. The van der Waals surface area contributed by atoms with Gasteiger partial charge in [-0.25, -0.2) is 4.98 Å². The van der Waals surface area contributed by atoms with E-state index in [2.05, 4.69) is 12.2 Å². The molecule has 3 aromatic rings. The second-order valence-corrected chi connectivity index (χ2v) is 8.01. The zero-order valence-electron chi connectivity index (χ0n) is 15.9. The monoisotopic (exact) mass is 393 g/mol. The van der Waals surface area contributed by atoms with Crippen LogP contribution in [0.5, 0.6) is 0 Å². The molecule has 0 atom stereocenters. The molecule has 6 heteroatoms. The van der Waals surface area contributed by atoms with E-state index in [-0.39, 0.29) is 17.2 Å². The fourth-order valence-corrected chi connectivity index (χ4v) is 4.05. The van der Waals surface area contributed by atoms with Crippen LogP contribution in [0.25, 0.3) is 16.6 Å². The lowest BCUT2D eigenvalue weighted by molar-refractivity contribution is -0.118. The van der Waals surface area contributed by atoms with E-state index < -0.39 is 0 Å². The smallest absolute Gasteiger partial charge is 0.266 e. The molecule has 144 valence electrons. The van der Waals surface area contributed by atoms with Crippen molar-refractivity contribution in [1.82, 2.24) is 14.9 Å². The molecule has 28 heavy (non-hydrogen) atoms. The highest BCUT2D eigenvalue weighted by Crippen LogP contribution is 2.28. The van der Waals surface area contributed by atoms with Crippen LogP contribution in [0, 0.1) is 5.92 Å². The number of para-hydroxylation sites is 2. The largest absolute Gasteiger partial charge is 0.355 e. The summed E-state index contributed by atoms with van der Waals surface area (Å²) in [5, 5.41) is 4.10. The van der Waals surface area contributed by atoms with Crippen molar-refractivity contribution < 1.29 is 4.79 Å². The Labute approximate surface area is 168 Å². The summed E-state index contributed by atoms with van der Waals surface area (Å²) >= 11 is 1.31. The summed E-state index contributed by atoms with van der Waals surface area (Å²) in [7, 11) is 0. The van der Waals surface area contributed by atoms with Gasteiger partial charge in [-0.2, -0.15) is 0 Å². The second-order valence-electron chi connectivity index (χ2n) is 7.07. The summed E-state index contributed by atoms with van der Waals surface area (Å²) in [4.78, 5) is 30.2. The van der Waals surface area contributed by atoms with Crippen molar-refractivity contribution in [1.29, 1.82) is 0 Å². The number of nitrogens with zero attached hydrogens (tertiary/aromatic N) is 2. The van der Waals surface area contributed by atoms with Gasteiger partial charge in [-0.15, -0.1) is 0 Å². The van der Waals surface area contributed by atoms with Crippen molar-refractivity contribution in [2.45, 2.75) is 31.3 Å². The predicted octanol–water partition coefficient (Wildman–Crippen LogP) is 3.57. The van der Waals surface area contributed by atoms with Gasteiger partial charge in [0.2, 0.25) is 5.91 Å². The molecule has 1 heterocycles. The molecule has 0 aliphatic heterocycles. The zero-order valence-corrected chi connectivity index (χ0v) is 16.7. The van der Waals surface area contributed by atoms with Gasteiger partial charge in [0.05, 0.1) is 22.3 Å². The lowest BCUT2D eigenvalue weighted by Crippen LogP contribution is -2.28. The number of aromatic nitrogens is 2. The van der Waals surface area contributed by atoms with Gasteiger partial charge in [0.25, 0.3) is 5.56 Å². The molecule has 0 radical (unpaired) electrons. The van der Waals surface area contributed by atoms with Crippen molar-refractivity contribution in [3.05, 3.63) is 64.4 Å². The third kappa shape index (κ3) is 3.97. The number of thioether (sulfide) groups is 1. The van der Waals surface area contributed by atoms with Crippen LogP contribution in [0.3, 0.4) is 0 Å². The Morgan fingerprint density at radius 2 is 1.93 bits per heavy atom. The van der Waals surface area contributed by atoms with Crippen LogP contribution in [0.4, 0.5) is 0 Å². The van der Waals surface area contributed by atoms with E-state index in [0.717, 1.165) is 24.2 Å². The quantitative estimate of drug-likeness (QED) is 0.492. The Morgan fingerprint density at radius 1 is 1.18 bits per heavy atom. The number of rotatable bonds is 7. The maximum atomic E-state index is 13.3. The minimum atomic E-state index is -0.104. The van der Waals surface area contributed by atoms with E-state index in [9.17, 15) is 9.59 Å². The van der Waals surface area contributed by atoms with Crippen LogP contribution in [-0.4, -0.2) is 27.8 Å². The van der Waals surface area contributed by atoms with E-state index >= 15 is 0 Å². The number of benzene rings is 2. The molecule has 0 unspecified atom stereocenters. The van der Waals surface area contributed by atoms with E-state index in [4.69, 9.17) is 4.98 Å². The Balaban J connectivity index is 1.73. The summed E-state index contributed by atoms with van der Waals surface area (Å²) in [6.07, 6.45) is 3.21. The predicted molar refractivity (Wildman–Crippen MR) is 113 cm³/mol. The average Bonchev–Trinajstić information content (AvgIpc) is 3.55. The molecule has 4 rings (SSSR count). The molecule has 1 aliphatic carbocycles. The van der Waals surface area contributed by atoms with Crippen molar-refractivity contribution in [2.75, 3.05) is 12.3 Å². The average molecular weight is 394 g/mol. The molecule has 0 bridgehead atoms. The number of carbonyl (C=O) groups excluding carboxylic acids is 1. The minimum Gasteiger partial charge on any atom is -0.355 e. The fourth-order valence-electron chi connectivity index (χ4n) is 3.21. The second kappa shape index (κ2) is 8.19. The van der Waals surface area contributed by atoms with E-state index in [1.165, 1.54) is 24.6 Å². The molecule has 1 aliphatic rings. The Bertz CT molecular complexity index is 1070. The molecular formula is C22H23N3O2S. The lowest BCUT2D eigenvalue weighted by Gasteiger charge is -2.16. The maximum absolute atomic E-state index is 13.3. The van der Waals surface area contributed by atoms with E-state index in [0.29, 0.717) is 22.0 Å². The first-order valence-corrected chi connectivity index (χ1v) is 10.7. The summed E-state index contributed by atoms with van der Waals surface area (Å²) in [5.74, 6) is 0.864. The Hall–Kier alpha value is -2.60. The van der Waals surface area contributed by atoms with Gasteiger partial charge in [0, 0.05) is 6.54 Å². The number of amides is 1. The van der Waals surface area contributed by atoms with Crippen molar-refractivity contribution in [3.63, 3.8) is 0 Å². The van der Waals surface area contributed by atoms with Crippen molar-refractivity contribution >= 4 is 28.6 Å². The first kappa shape index (κ1) is 18.7. The zero-order chi connectivity index (χ0) is 19.5. The van der Waals surface area contributed by atoms with Crippen LogP contribution in [0.1, 0.15) is 25.3 Å². The third-order valence-electron chi connectivity index (χ3n) is 4.98. The molecule has 5 nitrogen and oxygen atoms in total. The lowest BCUT2D eigenvalue weighted by atomic mass is 10.1. The van der Waals surface area contributed by atoms with Gasteiger partial charge < -0.3 is 5.32 Å². The van der Waals surface area contributed by atoms with Crippen LogP contribution in [0.15, 0.2) is 58.5 Å². The first-order valence-electron chi connectivity index (χ1n) is 9.67. The van der Waals surface area contributed by atoms with Gasteiger partial charge in [0.15, 0.2) is 5.16 Å². The highest BCUT2D eigenvalue weighted by atomic mass is 32.2. The molecule has 1 saturated carbocycles.